The Hall–Kier alpha value is -1.15. The summed E-state index contributed by atoms with van der Waals surface area (Å²) in [6.07, 6.45) is 0.288. The van der Waals surface area contributed by atoms with Crippen LogP contribution in [0.2, 0.25) is 0 Å². The first-order valence-electron chi connectivity index (χ1n) is 4.97. The smallest absolute Gasteiger partial charge is 0.421 e. The number of hydrogen-bond donors (Lipinski definition) is 1. The van der Waals surface area contributed by atoms with Gasteiger partial charge in [-0.2, -0.15) is 8.42 Å². The topological polar surface area (TPSA) is 85.4 Å². The van der Waals surface area contributed by atoms with Crippen LogP contribution < -0.4 is 4.72 Å². The van der Waals surface area contributed by atoms with E-state index in [2.05, 4.69) is 20.9 Å². The van der Waals surface area contributed by atoms with Gasteiger partial charge in [-0.3, -0.25) is 0 Å². The van der Waals surface area contributed by atoms with E-state index >= 15 is 0 Å². The first kappa shape index (κ1) is 14.9. The molecule has 0 spiro atoms. The number of carbonyl (C=O) groups is 1. The van der Waals surface area contributed by atoms with Crippen molar-refractivity contribution in [3.63, 3.8) is 0 Å². The first-order valence-corrected chi connectivity index (χ1v) is 7.25. The second-order valence-electron chi connectivity index (χ2n) is 4.42. The summed E-state index contributed by atoms with van der Waals surface area (Å²) < 4.78 is 30.8. The SMILES string of the molecule is CC(C)(C)OC(=O)NS(=O)(=O)c1ccc(Br)cn1. The first-order chi connectivity index (χ1) is 8.10. The molecule has 0 saturated heterocycles. The zero-order valence-corrected chi connectivity index (χ0v) is 12.5. The van der Waals surface area contributed by atoms with Gasteiger partial charge in [0.25, 0.3) is 10.0 Å². The van der Waals surface area contributed by atoms with Crippen LogP contribution in [0.1, 0.15) is 20.8 Å². The van der Waals surface area contributed by atoms with Gasteiger partial charge in [0.1, 0.15) is 5.60 Å². The van der Waals surface area contributed by atoms with Gasteiger partial charge < -0.3 is 4.74 Å². The molecule has 0 aliphatic rings. The summed E-state index contributed by atoms with van der Waals surface area (Å²) >= 11 is 3.13. The van der Waals surface area contributed by atoms with E-state index in [-0.39, 0.29) is 5.03 Å². The molecule has 1 aromatic rings. The number of pyridine rings is 1. The van der Waals surface area contributed by atoms with Gasteiger partial charge in [-0.15, -0.1) is 0 Å². The fourth-order valence-corrected chi connectivity index (χ4v) is 2.02. The molecule has 0 aliphatic heterocycles. The summed E-state index contributed by atoms with van der Waals surface area (Å²) in [5.41, 5.74) is -0.771. The summed E-state index contributed by atoms with van der Waals surface area (Å²) in [5.74, 6) is 0. The predicted octanol–water partition coefficient (Wildman–Crippen LogP) is 2.06. The van der Waals surface area contributed by atoms with Crippen LogP contribution in [0, 0.1) is 0 Å². The Morgan fingerprint density at radius 2 is 2.00 bits per heavy atom. The standard InChI is InChI=1S/C10H13BrN2O4S/c1-10(2,3)17-9(14)13-18(15,16)8-5-4-7(11)6-12-8/h4-6H,1-3H3,(H,13,14). The van der Waals surface area contributed by atoms with Gasteiger partial charge in [-0.05, 0) is 48.8 Å². The maximum atomic E-state index is 11.7. The van der Waals surface area contributed by atoms with E-state index in [9.17, 15) is 13.2 Å². The average molecular weight is 337 g/mol. The van der Waals surface area contributed by atoms with Crippen molar-refractivity contribution in [2.45, 2.75) is 31.4 Å². The van der Waals surface area contributed by atoms with Crippen LogP contribution in [0.3, 0.4) is 0 Å². The summed E-state index contributed by atoms with van der Waals surface area (Å²) in [5, 5.41) is -0.253. The highest BCUT2D eigenvalue weighted by molar-refractivity contribution is 9.10. The molecule has 0 aliphatic carbocycles. The Kier molecular flexibility index (Phi) is 4.33. The Morgan fingerprint density at radius 3 is 2.44 bits per heavy atom. The van der Waals surface area contributed by atoms with Crippen LogP contribution in [0.15, 0.2) is 27.8 Å². The number of sulfonamides is 1. The highest BCUT2D eigenvalue weighted by atomic mass is 79.9. The summed E-state index contributed by atoms with van der Waals surface area (Å²) in [6, 6.07) is 2.79. The second-order valence-corrected chi connectivity index (χ2v) is 6.97. The van der Waals surface area contributed by atoms with Crippen LogP contribution >= 0.6 is 15.9 Å². The van der Waals surface area contributed by atoms with Crippen LogP contribution in [0.5, 0.6) is 0 Å². The van der Waals surface area contributed by atoms with Gasteiger partial charge in [-0.25, -0.2) is 14.5 Å². The lowest BCUT2D eigenvalue weighted by Gasteiger charge is -2.19. The van der Waals surface area contributed by atoms with Crippen molar-refractivity contribution < 1.29 is 17.9 Å². The Balaban J connectivity index is 2.83. The molecule has 1 N–H and O–H groups in total. The van der Waals surface area contributed by atoms with Crippen LogP contribution in [-0.4, -0.2) is 25.1 Å². The largest absolute Gasteiger partial charge is 0.443 e. The van der Waals surface area contributed by atoms with Crippen molar-refractivity contribution in [2.24, 2.45) is 0 Å². The van der Waals surface area contributed by atoms with E-state index in [1.54, 1.807) is 25.5 Å². The number of carbonyl (C=O) groups excluding carboxylic acids is 1. The van der Waals surface area contributed by atoms with Crippen molar-refractivity contribution in [1.29, 1.82) is 0 Å². The number of aromatic nitrogens is 1. The van der Waals surface area contributed by atoms with Gasteiger partial charge in [0.2, 0.25) is 0 Å². The minimum Gasteiger partial charge on any atom is -0.443 e. The number of amides is 1. The molecule has 18 heavy (non-hydrogen) atoms. The van der Waals surface area contributed by atoms with Crippen molar-refractivity contribution in [2.75, 3.05) is 0 Å². The maximum Gasteiger partial charge on any atom is 0.421 e. The lowest BCUT2D eigenvalue weighted by Crippen LogP contribution is -2.36. The third-order valence-corrected chi connectivity index (χ3v) is 3.29. The molecule has 1 aromatic heterocycles. The summed E-state index contributed by atoms with van der Waals surface area (Å²) in [4.78, 5) is 15.1. The molecule has 0 radical (unpaired) electrons. The molecule has 1 amide bonds. The average Bonchev–Trinajstić information content (AvgIpc) is 2.13. The van der Waals surface area contributed by atoms with E-state index in [0.717, 1.165) is 0 Å². The fraction of sp³-hybridized carbons (Fsp3) is 0.400. The lowest BCUT2D eigenvalue weighted by molar-refractivity contribution is 0.0570. The van der Waals surface area contributed by atoms with Crippen LogP contribution in [-0.2, 0) is 14.8 Å². The Morgan fingerprint density at radius 1 is 1.39 bits per heavy atom. The molecule has 100 valence electrons. The fourth-order valence-electron chi connectivity index (χ4n) is 0.982. The lowest BCUT2D eigenvalue weighted by atomic mass is 10.2. The minimum atomic E-state index is -4.01. The molecular weight excluding hydrogens is 324 g/mol. The van der Waals surface area contributed by atoms with E-state index < -0.39 is 21.7 Å². The van der Waals surface area contributed by atoms with Crippen LogP contribution in [0.4, 0.5) is 4.79 Å². The van der Waals surface area contributed by atoms with E-state index in [1.165, 1.54) is 18.3 Å². The van der Waals surface area contributed by atoms with Crippen LogP contribution in [0.25, 0.3) is 0 Å². The molecule has 0 fully saturated rings. The molecule has 6 nitrogen and oxygen atoms in total. The molecule has 0 bridgehead atoms. The van der Waals surface area contributed by atoms with E-state index in [0.29, 0.717) is 4.47 Å². The highest BCUT2D eigenvalue weighted by Crippen LogP contribution is 2.12. The second kappa shape index (κ2) is 5.23. The molecule has 0 unspecified atom stereocenters. The minimum absolute atomic E-state index is 0.253. The predicted molar refractivity (Wildman–Crippen MR) is 68.5 cm³/mol. The third kappa shape index (κ3) is 4.61. The monoisotopic (exact) mass is 336 g/mol. The Labute approximate surface area is 114 Å². The third-order valence-electron chi connectivity index (χ3n) is 1.59. The van der Waals surface area contributed by atoms with Gasteiger partial charge in [0.05, 0.1) is 0 Å². The molecule has 0 saturated carbocycles. The zero-order valence-electron chi connectivity index (χ0n) is 10.1. The van der Waals surface area contributed by atoms with Crippen molar-refractivity contribution in [1.82, 2.24) is 9.71 Å². The molecule has 1 rings (SSSR count). The molecule has 0 aromatic carbocycles. The van der Waals surface area contributed by atoms with Gasteiger partial charge in [-0.1, -0.05) is 0 Å². The van der Waals surface area contributed by atoms with Gasteiger partial charge >= 0.3 is 6.09 Å². The number of halogens is 1. The maximum absolute atomic E-state index is 11.7. The van der Waals surface area contributed by atoms with Crippen molar-refractivity contribution >= 4 is 32.0 Å². The number of hydrogen-bond acceptors (Lipinski definition) is 5. The van der Waals surface area contributed by atoms with E-state index in [1.807, 2.05) is 0 Å². The quantitative estimate of drug-likeness (QED) is 0.893. The molecular formula is C10H13BrN2O4S. The van der Waals surface area contributed by atoms with Gasteiger partial charge in [0, 0.05) is 10.7 Å². The van der Waals surface area contributed by atoms with Crippen molar-refractivity contribution in [3.05, 3.63) is 22.8 Å². The highest BCUT2D eigenvalue weighted by Gasteiger charge is 2.23. The molecule has 0 atom stereocenters. The number of nitrogens with one attached hydrogen (secondary N) is 1. The van der Waals surface area contributed by atoms with E-state index in [4.69, 9.17) is 4.74 Å². The molecule has 8 heteroatoms. The Bertz CT molecular complexity index is 534. The van der Waals surface area contributed by atoms with Crippen molar-refractivity contribution in [3.8, 4) is 0 Å². The normalized spacial score (nSPS) is 12.0. The zero-order chi connectivity index (χ0) is 14.0. The summed E-state index contributed by atoms with van der Waals surface area (Å²) in [7, 11) is -4.01. The van der Waals surface area contributed by atoms with Gasteiger partial charge in [0.15, 0.2) is 5.03 Å². The molecule has 1 heterocycles. The summed E-state index contributed by atoms with van der Waals surface area (Å²) in [6.45, 7) is 4.91. The number of nitrogens with zero attached hydrogens (tertiary/aromatic N) is 1. The number of rotatable bonds is 2. The number of ether oxygens (including phenoxy) is 1.